The average molecular weight is 269 g/mol. The lowest BCUT2D eigenvalue weighted by Crippen LogP contribution is -2.31. The molecule has 0 aliphatic carbocycles. The number of hydrogen-bond donors (Lipinski definition) is 3. The van der Waals surface area contributed by atoms with Crippen LogP contribution in [-0.4, -0.2) is 48.3 Å². The summed E-state index contributed by atoms with van der Waals surface area (Å²) in [5.74, 6) is -0.121. The van der Waals surface area contributed by atoms with Crippen molar-refractivity contribution in [3.8, 4) is 5.88 Å². The summed E-state index contributed by atoms with van der Waals surface area (Å²) < 4.78 is 6.64. The number of hydrogen-bond acceptors (Lipinski definition) is 4. The lowest BCUT2D eigenvalue weighted by atomic mass is 10.4. The molecule has 1 aromatic rings. The molecule has 106 valence electrons. The largest absolute Gasteiger partial charge is 0.494 e. The Morgan fingerprint density at radius 1 is 1.47 bits per heavy atom. The van der Waals surface area contributed by atoms with Gasteiger partial charge in [-0.15, -0.1) is 0 Å². The van der Waals surface area contributed by atoms with Crippen LogP contribution in [-0.2, 0) is 20.9 Å². The summed E-state index contributed by atoms with van der Waals surface area (Å²) in [5.41, 5.74) is 0.899. The highest BCUT2D eigenvalue weighted by Crippen LogP contribution is 2.13. The molecule has 0 bridgehead atoms. The summed E-state index contributed by atoms with van der Waals surface area (Å²) in [5, 5.41) is 14.6. The lowest BCUT2D eigenvalue weighted by molar-refractivity contribution is -0.122. The molecule has 7 nitrogen and oxygen atoms in total. The number of carbonyl (C=O) groups excluding carboxylic acids is 2. The van der Waals surface area contributed by atoms with Crippen LogP contribution in [0.25, 0.3) is 0 Å². The zero-order valence-electron chi connectivity index (χ0n) is 10.9. The summed E-state index contributed by atoms with van der Waals surface area (Å²) in [6.45, 7) is 3.55. The summed E-state index contributed by atoms with van der Waals surface area (Å²) in [6.07, 6.45) is 2.31. The van der Waals surface area contributed by atoms with Gasteiger partial charge in [-0.25, -0.2) is 0 Å². The van der Waals surface area contributed by atoms with Crippen molar-refractivity contribution in [1.82, 2.24) is 15.2 Å². The Kier molecular flexibility index (Phi) is 6.45. The molecule has 0 saturated heterocycles. The molecule has 0 radical (unpaired) electrons. The summed E-state index contributed by atoms with van der Waals surface area (Å²) in [6, 6.07) is 1.59. The minimum absolute atomic E-state index is 0.0730. The van der Waals surface area contributed by atoms with Crippen LogP contribution < -0.4 is 10.6 Å². The average Bonchev–Trinajstić information content (AvgIpc) is 2.66. The highest BCUT2D eigenvalue weighted by atomic mass is 16.5. The molecule has 1 rings (SSSR count). The predicted molar refractivity (Wildman–Crippen MR) is 68.7 cm³/mol. The van der Waals surface area contributed by atoms with E-state index in [1.54, 1.807) is 12.3 Å². The monoisotopic (exact) mass is 269 g/mol. The van der Waals surface area contributed by atoms with Gasteiger partial charge in [0.15, 0.2) is 5.88 Å². The Balaban J connectivity index is 2.11. The summed E-state index contributed by atoms with van der Waals surface area (Å²) in [4.78, 5) is 21.5. The second kappa shape index (κ2) is 8.15. The second-order valence-corrected chi connectivity index (χ2v) is 4.04. The minimum Gasteiger partial charge on any atom is -0.494 e. The van der Waals surface area contributed by atoms with E-state index < -0.39 is 0 Å². The van der Waals surface area contributed by atoms with Gasteiger partial charge < -0.3 is 25.0 Å². The number of aryl methyl sites for hydroxylation is 1. The van der Waals surface area contributed by atoms with Crippen molar-refractivity contribution in [3.63, 3.8) is 0 Å². The van der Waals surface area contributed by atoms with Crippen molar-refractivity contribution in [1.29, 1.82) is 0 Å². The summed E-state index contributed by atoms with van der Waals surface area (Å²) in [7, 11) is 0. The van der Waals surface area contributed by atoms with Gasteiger partial charge in [-0.05, 0) is 12.5 Å². The highest BCUT2D eigenvalue weighted by molar-refractivity contribution is 5.75. The predicted octanol–water partition coefficient (Wildman–Crippen LogP) is -0.619. The van der Waals surface area contributed by atoms with Crippen LogP contribution in [0.2, 0.25) is 0 Å². The third kappa shape index (κ3) is 5.91. The zero-order chi connectivity index (χ0) is 14.1. The maximum Gasteiger partial charge on any atom is 0.240 e. The molecular formula is C12H19N3O4. The van der Waals surface area contributed by atoms with Crippen LogP contribution >= 0.6 is 0 Å². The van der Waals surface area contributed by atoms with Crippen LogP contribution in [0.1, 0.15) is 5.56 Å². The number of aromatic nitrogens is 1. The first-order valence-electron chi connectivity index (χ1n) is 6.00. The Hall–Kier alpha value is -2.02. The molecule has 0 aliphatic heterocycles. The van der Waals surface area contributed by atoms with Gasteiger partial charge in [0.05, 0.1) is 13.2 Å². The molecule has 1 heterocycles. The lowest BCUT2D eigenvalue weighted by Gasteiger charge is -2.07. The van der Waals surface area contributed by atoms with E-state index in [1.807, 2.05) is 6.92 Å². The number of amides is 2. The Morgan fingerprint density at radius 2 is 2.21 bits per heavy atom. The van der Waals surface area contributed by atoms with Crippen molar-refractivity contribution in [2.24, 2.45) is 0 Å². The van der Waals surface area contributed by atoms with Gasteiger partial charge in [-0.2, -0.15) is 0 Å². The number of nitrogens with one attached hydrogen (secondary N) is 2. The van der Waals surface area contributed by atoms with Gasteiger partial charge in [-0.3, -0.25) is 9.59 Å². The number of rotatable bonds is 9. The van der Waals surface area contributed by atoms with Crippen molar-refractivity contribution in [2.75, 3.05) is 26.3 Å². The van der Waals surface area contributed by atoms with E-state index in [4.69, 9.17) is 4.74 Å². The Morgan fingerprint density at radius 3 is 2.84 bits per heavy atom. The van der Waals surface area contributed by atoms with Crippen LogP contribution in [0.4, 0.5) is 0 Å². The second-order valence-electron chi connectivity index (χ2n) is 4.04. The van der Waals surface area contributed by atoms with Crippen LogP contribution in [0.5, 0.6) is 5.88 Å². The number of aromatic hydroxyl groups is 1. The quantitative estimate of drug-likeness (QED) is 0.411. The van der Waals surface area contributed by atoms with E-state index in [2.05, 4.69) is 10.6 Å². The molecule has 0 aliphatic rings. The number of carbonyl (C=O) groups is 2. The molecule has 0 atom stereocenters. The Bertz CT molecular complexity index is 417. The molecule has 19 heavy (non-hydrogen) atoms. The Labute approximate surface area is 111 Å². The van der Waals surface area contributed by atoms with Crippen molar-refractivity contribution in [2.45, 2.75) is 13.5 Å². The molecule has 0 unspecified atom stereocenters. The fraction of sp³-hybridized carbons (Fsp3) is 0.500. The smallest absolute Gasteiger partial charge is 0.240 e. The molecule has 2 amide bonds. The summed E-state index contributed by atoms with van der Waals surface area (Å²) >= 11 is 0. The zero-order valence-corrected chi connectivity index (χ0v) is 10.9. The number of ether oxygens (including phenoxy) is 1. The van der Waals surface area contributed by atoms with E-state index >= 15 is 0 Å². The highest BCUT2D eigenvalue weighted by Gasteiger charge is 2.06. The van der Waals surface area contributed by atoms with E-state index in [-0.39, 0.29) is 18.3 Å². The SMILES string of the molecule is Cc1cc(O)n(CC(=O)NCCOCCNC=O)c1. The van der Waals surface area contributed by atoms with Gasteiger partial charge in [0.25, 0.3) is 0 Å². The first-order chi connectivity index (χ1) is 9.13. The van der Waals surface area contributed by atoms with Crippen LogP contribution in [0.15, 0.2) is 12.3 Å². The molecule has 0 spiro atoms. The van der Waals surface area contributed by atoms with Gasteiger partial charge in [0.1, 0.15) is 6.54 Å². The minimum atomic E-state index is -0.194. The first-order valence-corrected chi connectivity index (χ1v) is 6.00. The molecule has 1 aromatic heterocycles. The van der Waals surface area contributed by atoms with Crippen LogP contribution in [0.3, 0.4) is 0 Å². The van der Waals surface area contributed by atoms with Crippen LogP contribution in [0, 0.1) is 6.92 Å². The van der Waals surface area contributed by atoms with E-state index in [9.17, 15) is 14.7 Å². The van der Waals surface area contributed by atoms with E-state index in [0.29, 0.717) is 32.7 Å². The van der Waals surface area contributed by atoms with Crippen molar-refractivity contribution >= 4 is 12.3 Å². The maximum atomic E-state index is 11.6. The third-order valence-electron chi connectivity index (χ3n) is 2.37. The third-order valence-corrected chi connectivity index (χ3v) is 2.37. The van der Waals surface area contributed by atoms with E-state index in [0.717, 1.165) is 5.56 Å². The normalized spacial score (nSPS) is 10.2. The molecule has 0 fully saturated rings. The molecule has 0 saturated carbocycles. The standard InChI is InChI=1S/C12H19N3O4/c1-10-6-12(18)15(7-10)8-11(17)14-3-5-19-4-2-13-9-16/h6-7,9,18H,2-5,8H2,1H3,(H,13,16)(H,14,17). The molecule has 0 aromatic carbocycles. The first kappa shape index (κ1) is 15.0. The fourth-order valence-corrected chi connectivity index (χ4v) is 1.53. The van der Waals surface area contributed by atoms with Gasteiger partial charge in [-0.1, -0.05) is 0 Å². The molecule has 3 N–H and O–H groups in total. The van der Waals surface area contributed by atoms with E-state index in [1.165, 1.54) is 4.57 Å². The maximum absolute atomic E-state index is 11.6. The molecular weight excluding hydrogens is 250 g/mol. The molecule has 7 heteroatoms. The van der Waals surface area contributed by atoms with Gasteiger partial charge in [0.2, 0.25) is 12.3 Å². The van der Waals surface area contributed by atoms with Crippen molar-refractivity contribution < 1.29 is 19.4 Å². The topological polar surface area (TPSA) is 92.6 Å². The fourth-order valence-electron chi connectivity index (χ4n) is 1.53. The van der Waals surface area contributed by atoms with Gasteiger partial charge >= 0.3 is 0 Å². The van der Waals surface area contributed by atoms with Crippen molar-refractivity contribution in [3.05, 3.63) is 17.8 Å². The van der Waals surface area contributed by atoms with Gasteiger partial charge in [0, 0.05) is 25.4 Å². The number of nitrogens with zero attached hydrogens (tertiary/aromatic N) is 1.